The Kier molecular flexibility index (Phi) is 4.49. The molecule has 4 aromatic rings. The first kappa shape index (κ1) is 17.6. The van der Waals surface area contributed by atoms with Crippen LogP contribution in [0.4, 0.5) is 0 Å². The molecule has 0 aliphatic carbocycles. The minimum absolute atomic E-state index is 0.153. The Bertz CT molecular complexity index is 1120. The van der Waals surface area contributed by atoms with Crippen molar-refractivity contribution in [1.82, 2.24) is 19.5 Å². The molecule has 1 amide bonds. The van der Waals surface area contributed by atoms with Gasteiger partial charge in [0.25, 0.3) is 5.91 Å². The van der Waals surface area contributed by atoms with E-state index in [1.165, 1.54) is 9.75 Å². The average Bonchev–Trinajstić information content (AvgIpc) is 3.47. The van der Waals surface area contributed by atoms with Gasteiger partial charge in [0.15, 0.2) is 11.5 Å². The lowest BCUT2D eigenvalue weighted by atomic mass is 9.96. The Morgan fingerprint density at radius 2 is 2.00 bits per heavy atom. The maximum Gasteiger partial charge on any atom is 0.263 e. The van der Waals surface area contributed by atoms with E-state index in [1.807, 2.05) is 34.5 Å². The molecule has 0 saturated carbocycles. The van der Waals surface area contributed by atoms with E-state index >= 15 is 0 Å². The SMILES string of the molecule is Cc1ccc(C(=O)N2CCC(c3nc4ccc(-c5cccs5)cn4n3)CC2)s1. The molecule has 0 aromatic carbocycles. The Labute approximate surface area is 171 Å². The van der Waals surface area contributed by atoms with E-state index in [-0.39, 0.29) is 5.91 Å². The highest BCUT2D eigenvalue weighted by atomic mass is 32.1. The van der Waals surface area contributed by atoms with Crippen LogP contribution in [0.2, 0.25) is 0 Å². The van der Waals surface area contributed by atoms with Gasteiger partial charge in [-0.1, -0.05) is 6.07 Å². The molecule has 0 bridgehead atoms. The van der Waals surface area contributed by atoms with Crippen LogP contribution in [0.25, 0.3) is 16.1 Å². The number of nitrogens with zero attached hydrogens (tertiary/aromatic N) is 4. The number of fused-ring (bicyclic) bond motifs is 1. The van der Waals surface area contributed by atoms with Crippen LogP contribution >= 0.6 is 22.7 Å². The van der Waals surface area contributed by atoms with Crippen LogP contribution in [-0.2, 0) is 0 Å². The van der Waals surface area contributed by atoms with E-state index in [9.17, 15) is 4.79 Å². The van der Waals surface area contributed by atoms with Crippen molar-refractivity contribution in [2.45, 2.75) is 25.7 Å². The molecule has 1 fully saturated rings. The number of amides is 1. The number of rotatable bonds is 3. The van der Waals surface area contributed by atoms with Gasteiger partial charge in [-0.2, -0.15) is 5.10 Å². The molecule has 5 nitrogen and oxygen atoms in total. The molecular weight excluding hydrogens is 388 g/mol. The highest BCUT2D eigenvalue weighted by Gasteiger charge is 2.27. The molecule has 0 unspecified atom stereocenters. The number of aromatic nitrogens is 3. The second-order valence-corrected chi connectivity index (χ2v) is 9.38. The van der Waals surface area contributed by atoms with Crippen molar-refractivity contribution in [2.24, 2.45) is 0 Å². The van der Waals surface area contributed by atoms with Crippen LogP contribution in [0, 0.1) is 6.92 Å². The van der Waals surface area contributed by atoms with Crippen molar-refractivity contribution in [2.75, 3.05) is 13.1 Å². The van der Waals surface area contributed by atoms with Crippen LogP contribution in [-0.4, -0.2) is 38.5 Å². The van der Waals surface area contributed by atoms with Gasteiger partial charge in [0.1, 0.15) is 0 Å². The normalized spacial score (nSPS) is 15.4. The van der Waals surface area contributed by atoms with E-state index in [1.54, 1.807) is 22.7 Å². The third kappa shape index (κ3) is 3.25. The van der Waals surface area contributed by atoms with Gasteiger partial charge in [-0.15, -0.1) is 22.7 Å². The standard InChI is InChI=1S/C21H20N4OS2/c1-14-4-6-18(28-14)21(26)24-10-8-15(9-11-24)20-22-19-7-5-16(13-25(19)23-20)17-3-2-12-27-17/h2-7,12-13,15H,8-11H2,1H3. The molecule has 7 heteroatoms. The lowest BCUT2D eigenvalue weighted by Crippen LogP contribution is -2.37. The highest BCUT2D eigenvalue weighted by Crippen LogP contribution is 2.29. The van der Waals surface area contributed by atoms with Crippen LogP contribution in [0.1, 0.15) is 39.1 Å². The average molecular weight is 409 g/mol. The van der Waals surface area contributed by atoms with E-state index < -0.39 is 0 Å². The van der Waals surface area contributed by atoms with Crippen LogP contribution < -0.4 is 0 Å². The van der Waals surface area contributed by atoms with Gasteiger partial charge >= 0.3 is 0 Å². The Balaban J connectivity index is 1.31. The maximum atomic E-state index is 12.6. The van der Waals surface area contributed by atoms with Gasteiger partial charge in [0, 0.05) is 40.5 Å². The first-order valence-electron chi connectivity index (χ1n) is 9.43. The fraction of sp³-hybridized carbons (Fsp3) is 0.286. The molecule has 4 aromatic heterocycles. The van der Waals surface area contributed by atoms with Gasteiger partial charge in [-0.05, 0) is 55.5 Å². The van der Waals surface area contributed by atoms with Gasteiger partial charge in [-0.25, -0.2) is 9.50 Å². The topological polar surface area (TPSA) is 50.5 Å². The first-order valence-corrected chi connectivity index (χ1v) is 11.1. The summed E-state index contributed by atoms with van der Waals surface area (Å²) in [6, 6.07) is 12.3. The second-order valence-electron chi connectivity index (χ2n) is 7.14. The number of hydrogen-bond donors (Lipinski definition) is 0. The lowest BCUT2D eigenvalue weighted by molar-refractivity contribution is 0.0716. The van der Waals surface area contributed by atoms with Gasteiger partial charge in [0.2, 0.25) is 0 Å². The fourth-order valence-electron chi connectivity index (χ4n) is 3.71. The molecule has 1 aliphatic heterocycles. The predicted octanol–water partition coefficient (Wildman–Crippen LogP) is 4.85. The largest absolute Gasteiger partial charge is 0.338 e. The minimum Gasteiger partial charge on any atom is -0.338 e. The molecule has 0 radical (unpaired) electrons. The summed E-state index contributed by atoms with van der Waals surface area (Å²) in [6.45, 7) is 3.56. The molecule has 142 valence electrons. The fourth-order valence-corrected chi connectivity index (χ4v) is 5.26. The zero-order valence-electron chi connectivity index (χ0n) is 15.5. The van der Waals surface area contributed by atoms with Crippen molar-refractivity contribution < 1.29 is 4.79 Å². The number of carbonyl (C=O) groups is 1. The van der Waals surface area contributed by atoms with E-state index in [0.29, 0.717) is 5.92 Å². The van der Waals surface area contributed by atoms with E-state index in [4.69, 9.17) is 10.1 Å². The molecule has 5 rings (SSSR count). The van der Waals surface area contributed by atoms with Crippen molar-refractivity contribution in [3.8, 4) is 10.4 Å². The zero-order chi connectivity index (χ0) is 19.1. The summed E-state index contributed by atoms with van der Waals surface area (Å²) in [5.41, 5.74) is 2.04. The highest BCUT2D eigenvalue weighted by molar-refractivity contribution is 7.14. The number of piperidine rings is 1. The molecule has 1 saturated heterocycles. The lowest BCUT2D eigenvalue weighted by Gasteiger charge is -2.30. The van der Waals surface area contributed by atoms with Crippen LogP contribution in [0.15, 0.2) is 48.0 Å². The first-order chi connectivity index (χ1) is 13.7. The van der Waals surface area contributed by atoms with Gasteiger partial charge < -0.3 is 4.90 Å². The molecule has 5 heterocycles. The molecule has 0 spiro atoms. The number of pyridine rings is 1. The summed E-state index contributed by atoms with van der Waals surface area (Å²) in [7, 11) is 0. The molecular formula is C21H20N4OS2. The van der Waals surface area contributed by atoms with Crippen molar-refractivity contribution in [3.05, 3.63) is 63.6 Å². The van der Waals surface area contributed by atoms with Gasteiger partial charge in [0.05, 0.1) is 4.88 Å². The monoisotopic (exact) mass is 408 g/mol. The minimum atomic E-state index is 0.153. The summed E-state index contributed by atoms with van der Waals surface area (Å²) < 4.78 is 1.89. The quantitative estimate of drug-likeness (QED) is 0.487. The maximum absolute atomic E-state index is 12.6. The Morgan fingerprint density at radius 1 is 1.14 bits per heavy atom. The van der Waals surface area contributed by atoms with Crippen LogP contribution in [0.3, 0.4) is 0 Å². The molecule has 1 aliphatic rings. The molecule has 0 atom stereocenters. The number of aryl methyl sites for hydroxylation is 1. The van der Waals surface area contributed by atoms with Crippen LogP contribution in [0.5, 0.6) is 0 Å². The van der Waals surface area contributed by atoms with Crippen molar-refractivity contribution >= 4 is 34.2 Å². The number of likely N-dealkylation sites (tertiary alicyclic amines) is 1. The summed E-state index contributed by atoms with van der Waals surface area (Å²) in [6.07, 6.45) is 3.87. The van der Waals surface area contributed by atoms with E-state index in [0.717, 1.165) is 47.8 Å². The number of thiophene rings is 2. The zero-order valence-corrected chi connectivity index (χ0v) is 17.2. The summed E-state index contributed by atoms with van der Waals surface area (Å²) in [4.78, 5) is 22.6. The second kappa shape index (κ2) is 7.14. The molecule has 0 N–H and O–H groups in total. The van der Waals surface area contributed by atoms with Gasteiger partial charge in [-0.3, -0.25) is 4.79 Å². The van der Waals surface area contributed by atoms with Crippen molar-refractivity contribution in [3.63, 3.8) is 0 Å². The number of hydrogen-bond acceptors (Lipinski definition) is 5. The predicted molar refractivity (Wildman–Crippen MR) is 113 cm³/mol. The van der Waals surface area contributed by atoms with E-state index in [2.05, 4.69) is 29.8 Å². The Morgan fingerprint density at radius 3 is 2.71 bits per heavy atom. The molecule has 28 heavy (non-hydrogen) atoms. The smallest absolute Gasteiger partial charge is 0.263 e. The van der Waals surface area contributed by atoms with Crippen molar-refractivity contribution in [1.29, 1.82) is 0 Å². The summed E-state index contributed by atoms with van der Waals surface area (Å²) >= 11 is 3.30. The third-order valence-electron chi connectivity index (χ3n) is 5.25. The summed E-state index contributed by atoms with van der Waals surface area (Å²) in [5.74, 6) is 1.35. The Hall–Kier alpha value is -2.51. The summed E-state index contributed by atoms with van der Waals surface area (Å²) in [5, 5.41) is 6.83. The number of carbonyl (C=O) groups excluding carboxylic acids is 1. The third-order valence-corrected chi connectivity index (χ3v) is 7.16.